The summed E-state index contributed by atoms with van der Waals surface area (Å²) in [4.78, 5) is 21.1. The van der Waals surface area contributed by atoms with Crippen molar-refractivity contribution < 1.29 is 4.79 Å². The number of carbonyl (C=O) groups is 1. The molecule has 2 heterocycles. The van der Waals surface area contributed by atoms with Gasteiger partial charge in [-0.2, -0.15) is 0 Å². The Hall–Kier alpha value is -2.14. The fourth-order valence-electron chi connectivity index (χ4n) is 2.55. The summed E-state index contributed by atoms with van der Waals surface area (Å²) in [7, 11) is 2.07. The Bertz CT molecular complexity index is 647. The summed E-state index contributed by atoms with van der Waals surface area (Å²) >= 11 is 0. The molecule has 0 spiro atoms. The van der Waals surface area contributed by atoms with E-state index in [1.165, 1.54) is 0 Å². The van der Waals surface area contributed by atoms with Gasteiger partial charge in [-0.3, -0.25) is 4.79 Å². The largest absolute Gasteiger partial charge is 0.384 e. The zero-order valence-corrected chi connectivity index (χ0v) is 11.5. The smallest absolute Gasteiger partial charge is 0.254 e. The second-order valence-corrected chi connectivity index (χ2v) is 5.21. The van der Waals surface area contributed by atoms with Crippen molar-refractivity contribution in [1.29, 1.82) is 0 Å². The highest BCUT2D eigenvalue weighted by atomic mass is 16.2. The van der Waals surface area contributed by atoms with Crippen molar-refractivity contribution in [2.24, 2.45) is 0 Å². The van der Waals surface area contributed by atoms with Crippen molar-refractivity contribution in [3.63, 3.8) is 0 Å². The molecule has 1 saturated heterocycles. The van der Waals surface area contributed by atoms with Gasteiger partial charge >= 0.3 is 0 Å². The molecule has 1 fully saturated rings. The second-order valence-electron chi connectivity index (χ2n) is 5.21. The predicted octanol–water partition coefficient (Wildman–Crippen LogP) is 1.20. The number of anilines is 1. The third-order valence-corrected chi connectivity index (χ3v) is 3.76. The molecule has 2 aromatic rings. The van der Waals surface area contributed by atoms with E-state index in [1.807, 2.05) is 29.2 Å². The van der Waals surface area contributed by atoms with Crippen molar-refractivity contribution >= 4 is 22.6 Å². The van der Waals surface area contributed by atoms with Gasteiger partial charge in [-0.25, -0.2) is 4.98 Å². The Morgan fingerprint density at radius 3 is 2.65 bits per heavy atom. The topological polar surface area (TPSA) is 62.5 Å². The molecule has 1 aromatic carbocycles. The molecule has 0 bridgehead atoms. The van der Waals surface area contributed by atoms with E-state index in [-0.39, 0.29) is 5.91 Å². The number of fused-ring (bicyclic) bond motifs is 1. The molecular formula is C15H18N4O. The lowest BCUT2D eigenvalue weighted by molar-refractivity contribution is 0.0666. The molecular weight excluding hydrogens is 252 g/mol. The van der Waals surface area contributed by atoms with E-state index in [4.69, 9.17) is 5.73 Å². The lowest BCUT2D eigenvalue weighted by Gasteiger charge is -2.32. The highest BCUT2D eigenvalue weighted by Gasteiger charge is 2.22. The first-order chi connectivity index (χ1) is 9.65. The summed E-state index contributed by atoms with van der Waals surface area (Å²) in [5.74, 6) is 0.435. The molecule has 0 radical (unpaired) electrons. The summed E-state index contributed by atoms with van der Waals surface area (Å²) < 4.78 is 0. The monoisotopic (exact) mass is 270 g/mol. The normalized spacial score (nSPS) is 16.6. The summed E-state index contributed by atoms with van der Waals surface area (Å²) in [6.45, 7) is 3.33. The lowest BCUT2D eigenvalue weighted by Crippen LogP contribution is -2.47. The maximum atomic E-state index is 12.7. The minimum atomic E-state index is 0.0448. The van der Waals surface area contributed by atoms with Gasteiger partial charge in [0, 0.05) is 31.6 Å². The van der Waals surface area contributed by atoms with E-state index in [2.05, 4.69) is 16.9 Å². The number of hydrogen-bond donors (Lipinski definition) is 1. The number of para-hydroxylation sites is 1. The number of hydrogen-bond acceptors (Lipinski definition) is 4. The molecule has 1 aromatic heterocycles. The minimum Gasteiger partial charge on any atom is -0.384 e. The Labute approximate surface area is 118 Å². The van der Waals surface area contributed by atoms with Gasteiger partial charge in [-0.1, -0.05) is 18.2 Å². The maximum absolute atomic E-state index is 12.7. The fraction of sp³-hybridized carbons (Fsp3) is 0.333. The van der Waals surface area contributed by atoms with Crippen LogP contribution >= 0.6 is 0 Å². The van der Waals surface area contributed by atoms with Crippen LogP contribution in [0.15, 0.2) is 30.3 Å². The number of pyridine rings is 1. The quantitative estimate of drug-likeness (QED) is 0.846. The number of rotatable bonds is 1. The first kappa shape index (κ1) is 12.9. The van der Waals surface area contributed by atoms with E-state index in [0.717, 1.165) is 37.1 Å². The average molecular weight is 270 g/mol. The molecule has 0 saturated carbocycles. The number of amides is 1. The zero-order valence-electron chi connectivity index (χ0n) is 11.5. The predicted molar refractivity (Wildman–Crippen MR) is 79.6 cm³/mol. The van der Waals surface area contributed by atoms with Gasteiger partial charge in [0.05, 0.1) is 11.1 Å². The zero-order chi connectivity index (χ0) is 14.1. The van der Waals surface area contributed by atoms with Gasteiger partial charge in [0.25, 0.3) is 5.91 Å². The van der Waals surface area contributed by atoms with Crippen molar-refractivity contribution in [1.82, 2.24) is 14.8 Å². The number of aromatic nitrogens is 1. The van der Waals surface area contributed by atoms with Crippen LogP contribution in [-0.2, 0) is 0 Å². The van der Waals surface area contributed by atoms with Crippen LogP contribution in [0.5, 0.6) is 0 Å². The summed E-state index contributed by atoms with van der Waals surface area (Å²) in [6, 6.07) is 9.31. The molecule has 5 nitrogen and oxygen atoms in total. The molecule has 1 amide bonds. The van der Waals surface area contributed by atoms with Crippen molar-refractivity contribution in [2.75, 3.05) is 39.0 Å². The van der Waals surface area contributed by atoms with Crippen LogP contribution in [0.25, 0.3) is 10.9 Å². The van der Waals surface area contributed by atoms with Crippen molar-refractivity contribution in [2.45, 2.75) is 0 Å². The van der Waals surface area contributed by atoms with Crippen LogP contribution in [0.2, 0.25) is 0 Å². The molecule has 0 aliphatic carbocycles. The standard InChI is InChI=1S/C15H18N4O/c1-18-6-8-19(9-7-18)15(20)12-10-14(16)17-13-5-3-2-4-11(12)13/h2-5,10H,6-9H2,1H3,(H2,16,17). The fourth-order valence-corrected chi connectivity index (χ4v) is 2.55. The van der Waals surface area contributed by atoms with Crippen LogP contribution in [0, 0.1) is 0 Å². The first-order valence-corrected chi connectivity index (χ1v) is 6.78. The van der Waals surface area contributed by atoms with Gasteiger partial charge in [-0.05, 0) is 19.2 Å². The number of nitrogen functional groups attached to an aromatic ring is 1. The molecule has 104 valence electrons. The van der Waals surface area contributed by atoms with Gasteiger partial charge in [0.1, 0.15) is 5.82 Å². The van der Waals surface area contributed by atoms with E-state index >= 15 is 0 Å². The Kier molecular flexibility index (Phi) is 3.28. The van der Waals surface area contributed by atoms with Gasteiger partial charge in [0.15, 0.2) is 0 Å². The van der Waals surface area contributed by atoms with Crippen molar-refractivity contribution in [3.8, 4) is 0 Å². The summed E-state index contributed by atoms with van der Waals surface area (Å²) in [6.07, 6.45) is 0. The number of likely N-dealkylation sites (N-methyl/N-ethyl adjacent to an activating group) is 1. The van der Waals surface area contributed by atoms with Gasteiger partial charge in [-0.15, -0.1) is 0 Å². The van der Waals surface area contributed by atoms with Gasteiger partial charge < -0.3 is 15.5 Å². The van der Waals surface area contributed by atoms with Crippen LogP contribution < -0.4 is 5.73 Å². The molecule has 2 N–H and O–H groups in total. The third-order valence-electron chi connectivity index (χ3n) is 3.76. The highest BCUT2D eigenvalue weighted by molar-refractivity contribution is 6.06. The Balaban J connectivity index is 1.99. The molecule has 3 rings (SSSR count). The number of benzene rings is 1. The molecule has 5 heteroatoms. The van der Waals surface area contributed by atoms with Crippen LogP contribution in [0.3, 0.4) is 0 Å². The van der Waals surface area contributed by atoms with Crippen molar-refractivity contribution in [3.05, 3.63) is 35.9 Å². The lowest BCUT2D eigenvalue weighted by atomic mass is 10.1. The molecule has 1 aliphatic rings. The van der Waals surface area contributed by atoms with E-state index < -0.39 is 0 Å². The van der Waals surface area contributed by atoms with E-state index in [0.29, 0.717) is 11.4 Å². The molecule has 20 heavy (non-hydrogen) atoms. The second kappa shape index (κ2) is 5.09. The number of carbonyl (C=O) groups excluding carboxylic acids is 1. The minimum absolute atomic E-state index is 0.0448. The number of nitrogens with zero attached hydrogens (tertiary/aromatic N) is 3. The van der Waals surface area contributed by atoms with E-state index in [9.17, 15) is 4.79 Å². The highest BCUT2D eigenvalue weighted by Crippen LogP contribution is 2.21. The number of piperazine rings is 1. The average Bonchev–Trinajstić information content (AvgIpc) is 2.46. The Morgan fingerprint density at radius 2 is 1.90 bits per heavy atom. The number of nitrogens with two attached hydrogens (primary N) is 1. The Morgan fingerprint density at radius 1 is 1.20 bits per heavy atom. The third kappa shape index (κ3) is 2.32. The molecule has 0 unspecified atom stereocenters. The SMILES string of the molecule is CN1CCN(C(=O)c2cc(N)nc3ccccc23)CC1. The molecule has 1 aliphatic heterocycles. The van der Waals surface area contributed by atoms with Crippen LogP contribution in [0.4, 0.5) is 5.82 Å². The van der Waals surface area contributed by atoms with Crippen LogP contribution in [-0.4, -0.2) is 53.9 Å². The molecule has 0 atom stereocenters. The first-order valence-electron chi connectivity index (χ1n) is 6.78. The summed E-state index contributed by atoms with van der Waals surface area (Å²) in [5, 5.41) is 0.866. The van der Waals surface area contributed by atoms with Crippen LogP contribution in [0.1, 0.15) is 10.4 Å². The summed E-state index contributed by atoms with van der Waals surface area (Å²) in [5.41, 5.74) is 7.24. The maximum Gasteiger partial charge on any atom is 0.254 e. The van der Waals surface area contributed by atoms with Gasteiger partial charge in [0.2, 0.25) is 0 Å². The van der Waals surface area contributed by atoms with E-state index in [1.54, 1.807) is 6.07 Å².